The van der Waals surface area contributed by atoms with Crippen LogP contribution in [0.25, 0.3) is 0 Å². The first-order valence-electron chi connectivity index (χ1n) is 6.26. The predicted octanol–water partition coefficient (Wildman–Crippen LogP) is 3.63. The molecule has 1 saturated carbocycles. The Labute approximate surface area is 88.2 Å². The molecule has 1 heterocycles. The number of rotatable bonds is 2. The summed E-state index contributed by atoms with van der Waals surface area (Å²) in [6, 6.07) is 0. The average Bonchev–Trinajstić information content (AvgIpc) is 2.47. The third-order valence-electron chi connectivity index (χ3n) is 4.41. The van der Waals surface area contributed by atoms with Gasteiger partial charge in [0.1, 0.15) is 0 Å². The molecule has 0 bridgehead atoms. The highest BCUT2D eigenvalue weighted by Crippen LogP contribution is 2.47. The Morgan fingerprint density at radius 2 is 2.21 bits per heavy atom. The molecule has 1 aliphatic carbocycles. The summed E-state index contributed by atoms with van der Waals surface area (Å²) in [5.74, 6) is 1.69. The number of fused-ring (bicyclic) bond motifs is 1. The zero-order valence-corrected chi connectivity index (χ0v) is 9.88. The molecule has 0 aromatic heterocycles. The van der Waals surface area contributed by atoms with Crippen molar-refractivity contribution < 1.29 is 4.74 Å². The minimum Gasteiger partial charge on any atom is -0.378 e. The largest absolute Gasteiger partial charge is 0.378 e. The van der Waals surface area contributed by atoms with Gasteiger partial charge in [-0.2, -0.15) is 0 Å². The number of ether oxygens (including phenoxy) is 1. The fraction of sp³-hybridized carbons (Fsp3) is 1.00. The Hall–Kier alpha value is -0.0400. The lowest BCUT2D eigenvalue weighted by Gasteiger charge is -2.40. The maximum absolute atomic E-state index is 5.91. The van der Waals surface area contributed by atoms with Crippen LogP contribution in [-0.4, -0.2) is 12.7 Å². The lowest BCUT2D eigenvalue weighted by molar-refractivity contribution is 0.0101. The van der Waals surface area contributed by atoms with Gasteiger partial charge in [0.15, 0.2) is 0 Å². The van der Waals surface area contributed by atoms with Gasteiger partial charge in [0, 0.05) is 6.61 Å². The molecule has 0 aromatic rings. The third kappa shape index (κ3) is 1.84. The van der Waals surface area contributed by atoms with Crippen LogP contribution in [0.4, 0.5) is 0 Å². The Bertz CT molecular complexity index is 201. The Kier molecular flexibility index (Phi) is 2.88. The minimum atomic E-state index is 0.583. The van der Waals surface area contributed by atoms with Crippen molar-refractivity contribution in [3.63, 3.8) is 0 Å². The maximum atomic E-state index is 5.91. The van der Waals surface area contributed by atoms with Crippen LogP contribution in [0.1, 0.15) is 52.9 Å². The zero-order valence-electron chi connectivity index (χ0n) is 9.88. The molecule has 2 fully saturated rings. The van der Waals surface area contributed by atoms with Crippen molar-refractivity contribution in [2.75, 3.05) is 6.61 Å². The fourth-order valence-corrected chi connectivity index (χ4v) is 3.50. The monoisotopic (exact) mass is 196 g/mol. The minimum absolute atomic E-state index is 0.583. The van der Waals surface area contributed by atoms with Gasteiger partial charge >= 0.3 is 0 Å². The lowest BCUT2D eigenvalue weighted by atomic mass is 9.66. The van der Waals surface area contributed by atoms with Gasteiger partial charge in [-0.1, -0.05) is 27.2 Å². The van der Waals surface area contributed by atoms with Crippen LogP contribution in [0, 0.1) is 17.3 Å². The summed E-state index contributed by atoms with van der Waals surface area (Å²) in [5.41, 5.74) is 0.583. The highest BCUT2D eigenvalue weighted by atomic mass is 16.5. The molecule has 1 nitrogen and oxygen atoms in total. The molecule has 82 valence electrons. The fourth-order valence-electron chi connectivity index (χ4n) is 3.50. The molecule has 0 amide bonds. The summed E-state index contributed by atoms with van der Waals surface area (Å²) in [6.07, 6.45) is 7.45. The van der Waals surface area contributed by atoms with Crippen LogP contribution in [0.5, 0.6) is 0 Å². The number of hydrogen-bond acceptors (Lipinski definition) is 1. The normalized spacial score (nSPS) is 47.8. The van der Waals surface area contributed by atoms with Gasteiger partial charge in [0.2, 0.25) is 0 Å². The molecule has 0 N–H and O–H groups in total. The maximum Gasteiger partial charge on any atom is 0.0612 e. The summed E-state index contributed by atoms with van der Waals surface area (Å²) >= 11 is 0. The van der Waals surface area contributed by atoms with Gasteiger partial charge in [0.25, 0.3) is 0 Å². The standard InChI is InChI=1S/C13H24O/c1-4-6-13(3)7-5-11-10(2)9-14-12(11)8-13/h10-12H,4-9H2,1-3H3/t10?,11?,12?,13-/m1/s1. The molecule has 1 saturated heterocycles. The average molecular weight is 196 g/mol. The van der Waals surface area contributed by atoms with Crippen LogP contribution in [-0.2, 0) is 4.74 Å². The molecular formula is C13H24O. The molecule has 3 unspecified atom stereocenters. The molecule has 14 heavy (non-hydrogen) atoms. The molecule has 0 aromatic carbocycles. The van der Waals surface area contributed by atoms with Crippen molar-refractivity contribution in [2.45, 2.75) is 59.0 Å². The van der Waals surface area contributed by atoms with E-state index in [9.17, 15) is 0 Å². The van der Waals surface area contributed by atoms with Crippen molar-refractivity contribution in [1.29, 1.82) is 0 Å². The summed E-state index contributed by atoms with van der Waals surface area (Å²) in [4.78, 5) is 0. The van der Waals surface area contributed by atoms with Gasteiger partial charge in [-0.15, -0.1) is 0 Å². The first-order valence-corrected chi connectivity index (χ1v) is 6.26. The zero-order chi connectivity index (χ0) is 10.2. The Balaban J connectivity index is 1.98. The summed E-state index contributed by atoms with van der Waals surface area (Å²) in [6.45, 7) is 8.12. The van der Waals surface area contributed by atoms with E-state index in [1.807, 2.05) is 0 Å². The van der Waals surface area contributed by atoms with E-state index in [1.54, 1.807) is 0 Å². The second-order valence-electron chi connectivity index (χ2n) is 5.82. The van der Waals surface area contributed by atoms with Crippen LogP contribution in [0.2, 0.25) is 0 Å². The van der Waals surface area contributed by atoms with E-state index in [0.29, 0.717) is 11.5 Å². The van der Waals surface area contributed by atoms with E-state index in [4.69, 9.17) is 4.74 Å². The highest BCUT2D eigenvalue weighted by Gasteiger charge is 2.43. The Morgan fingerprint density at radius 1 is 1.43 bits per heavy atom. The van der Waals surface area contributed by atoms with Gasteiger partial charge < -0.3 is 4.74 Å². The summed E-state index contributed by atoms with van der Waals surface area (Å²) < 4.78 is 5.91. The van der Waals surface area contributed by atoms with E-state index in [2.05, 4.69) is 20.8 Å². The molecule has 0 spiro atoms. The Morgan fingerprint density at radius 3 is 2.93 bits per heavy atom. The first-order chi connectivity index (χ1) is 6.64. The van der Waals surface area contributed by atoms with E-state index >= 15 is 0 Å². The van der Waals surface area contributed by atoms with Gasteiger partial charge in [-0.05, 0) is 42.9 Å². The van der Waals surface area contributed by atoms with E-state index in [0.717, 1.165) is 18.4 Å². The summed E-state index contributed by atoms with van der Waals surface area (Å²) in [5, 5.41) is 0. The van der Waals surface area contributed by atoms with E-state index < -0.39 is 0 Å². The highest BCUT2D eigenvalue weighted by molar-refractivity contribution is 4.92. The van der Waals surface area contributed by atoms with Crippen molar-refractivity contribution in [1.82, 2.24) is 0 Å². The molecule has 4 atom stereocenters. The molecule has 1 heteroatoms. The first kappa shape index (κ1) is 10.5. The summed E-state index contributed by atoms with van der Waals surface area (Å²) in [7, 11) is 0. The second-order valence-corrected chi connectivity index (χ2v) is 5.82. The SMILES string of the molecule is CCC[C@]1(C)CCC2C(C)COC2C1. The quantitative estimate of drug-likeness (QED) is 0.655. The molecule has 1 aliphatic heterocycles. The molecule has 0 radical (unpaired) electrons. The van der Waals surface area contributed by atoms with Crippen LogP contribution in [0.3, 0.4) is 0 Å². The lowest BCUT2D eigenvalue weighted by Crippen LogP contribution is -2.34. The van der Waals surface area contributed by atoms with Crippen molar-refractivity contribution in [3.8, 4) is 0 Å². The molecule has 2 rings (SSSR count). The van der Waals surface area contributed by atoms with Gasteiger partial charge in [0.05, 0.1) is 6.10 Å². The van der Waals surface area contributed by atoms with Crippen LogP contribution >= 0.6 is 0 Å². The van der Waals surface area contributed by atoms with Gasteiger partial charge in [-0.25, -0.2) is 0 Å². The van der Waals surface area contributed by atoms with E-state index in [-0.39, 0.29) is 0 Å². The predicted molar refractivity (Wildman–Crippen MR) is 59.3 cm³/mol. The van der Waals surface area contributed by atoms with Gasteiger partial charge in [-0.3, -0.25) is 0 Å². The molecule has 2 aliphatic rings. The van der Waals surface area contributed by atoms with Crippen molar-refractivity contribution in [3.05, 3.63) is 0 Å². The molecular weight excluding hydrogens is 172 g/mol. The third-order valence-corrected chi connectivity index (χ3v) is 4.41. The topological polar surface area (TPSA) is 9.23 Å². The number of hydrogen-bond donors (Lipinski definition) is 0. The van der Waals surface area contributed by atoms with E-state index in [1.165, 1.54) is 32.1 Å². The van der Waals surface area contributed by atoms with Crippen molar-refractivity contribution in [2.24, 2.45) is 17.3 Å². The van der Waals surface area contributed by atoms with Crippen LogP contribution < -0.4 is 0 Å². The second kappa shape index (κ2) is 3.84. The van der Waals surface area contributed by atoms with Crippen molar-refractivity contribution >= 4 is 0 Å². The smallest absolute Gasteiger partial charge is 0.0612 e. The van der Waals surface area contributed by atoms with Crippen LogP contribution in [0.15, 0.2) is 0 Å².